The van der Waals surface area contributed by atoms with Crippen molar-refractivity contribution in [2.24, 2.45) is 0 Å². The van der Waals surface area contributed by atoms with E-state index < -0.39 is 17.5 Å². The molecule has 2 aliphatic heterocycles. The molecule has 0 unspecified atom stereocenters. The Morgan fingerprint density at radius 1 is 1.11 bits per heavy atom. The van der Waals surface area contributed by atoms with Gasteiger partial charge in [-0.25, -0.2) is 18.7 Å². The maximum atomic E-state index is 15.4. The smallest absolute Gasteiger partial charge is 0.213 e. The fourth-order valence-corrected chi connectivity index (χ4v) is 5.40. The van der Waals surface area contributed by atoms with Gasteiger partial charge in [-0.15, -0.1) is 10.2 Å². The van der Waals surface area contributed by atoms with E-state index in [-0.39, 0.29) is 34.6 Å². The van der Waals surface area contributed by atoms with Crippen LogP contribution in [0.3, 0.4) is 0 Å². The SMILES string of the molecule is COc1cc(-c2ccc(-c3ncc(N(C)[C@H]4C[C@]5(C)CC[C@@](C)(N5)[C@H]4F)nn3)c(O)c2)c(F)cn1. The molecular formula is C25H28F2N6O2. The number of phenolic OH excluding ortho intramolecular Hbond substituents is 1. The number of phenols is 1. The molecule has 0 spiro atoms. The van der Waals surface area contributed by atoms with Gasteiger partial charge in [0.25, 0.3) is 0 Å². The number of alkyl halides is 1. The third-order valence-corrected chi connectivity index (χ3v) is 7.39. The number of hydrogen-bond acceptors (Lipinski definition) is 8. The minimum atomic E-state index is -1.06. The van der Waals surface area contributed by atoms with Gasteiger partial charge in [0, 0.05) is 29.8 Å². The number of aromatic hydroxyl groups is 1. The van der Waals surface area contributed by atoms with Crippen molar-refractivity contribution >= 4 is 5.82 Å². The number of nitrogens with zero attached hydrogens (tertiary/aromatic N) is 5. The lowest BCUT2D eigenvalue weighted by Gasteiger charge is -2.47. The number of methoxy groups -OCH3 is 1. The number of rotatable bonds is 5. The molecule has 184 valence electrons. The third-order valence-electron chi connectivity index (χ3n) is 7.39. The van der Waals surface area contributed by atoms with Crippen molar-refractivity contribution < 1.29 is 18.6 Å². The number of hydrogen-bond donors (Lipinski definition) is 2. The Hall–Kier alpha value is -3.40. The summed E-state index contributed by atoms with van der Waals surface area (Å²) in [5, 5.41) is 22.5. The van der Waals surface area contributed by atoms with E-state index in [1.807, 2.05) is 14.0 Å². The second-order valence-corrected chi connectivity index (χ2v) is 9.97. The van der Waals surface area contributed by atoms with Crippen LogP contribution in [0.1, 0.15) is 33.1 Å². The fraction of sp³-hybridized carbons (Fsp3) is 0.440. The molecule has 0 saturated carbocycles. The maximum Gasteiger partial charge on any atom is 0.213 e. The van der Waals surface area contributed by atoms with Gasteiger partial charge in [-0.1, -0.05) is 6.07 Å². The van der Waals surface area contributed by atoms with Crippen molar-refractivity contribution in [3.05, 3.63) is 42.5 Å². The number of fused-ring (bicyclic) bond motifs is 2. The summed E-state index contributed by atoms with van der Waals surface area (Å²) in [6, 6.07) is 5.78. The Morgan fingerprint density at radius 3 is 2.60 bits per heavy atom. The van der Waals surface area contributed by atoms with Crippen molar-refractivity contribution in [2.75, 3.05) is 19.1 Å². The number of ether oxygens (including phenoxy) is 1. The Bertz CT molecular complexity index is 1260. The van der Waals surface area contributed by atoms with Gasteiger partial charge < -0.3 is 20.1 Å². The minimum absolute atomic E-state index is 0.108. The summed E-state index contributed by atoms with van der Waals surface area (Å²) < 4.78 is 34.8. The zero-order valence-electron chi connectivity index (χ0n) is 20.1. The molecule has 3 aromatic rings. The van der Waals surface area contributed by atoms with E-state index in [1.165, 1.54) is 25.4 Å². The number of halogens is 2. The molecule has 0 amide bonds. The second kappa shape index (κ2) is 8.37. The number of anilines is 1. The largest absolute Gasteiger partial charge is 0.507 e. The molecule has 1 aromatic carbocycles. The summed E-state index contributed by atoms with van der Waals surface area (Å²) in [6.45, 7) is 4.08. The second-order valence-electron chi connectivity index (χ2n) is 9.97. The van der Waals surface area contributed by atoms with E-state index in [1.54, 1.807) is 17.0 Å². The van der Waals surface area contributed by atoms with Gasteiger partial charge in [-0.3, -0.25) is 0 Å². The summed E-state index contributed by atoms with van der Waals surface area (Å²) in [6.07, 6.45) is 3.92. The van der Waals surface area contributed by atoms with Crippen LogP contribution in [0.5, 0.6) is 11.6 Å². The van der Waals surface area contributed by atoms with E-state index in [2.05, 4.69) is 32.4 Å². The molecule has 2 bridgehead atoms. The molecule has 8 nitrogen and oxygen atoms in total. The van der Waals surface area contributed by atoms with Gasteiger partial charge in [-0.05, 0) is 50.8 Å². The minimum Gasteiger partial charge on any atom is -0.507 e. The van der Waals surface area contributed by atoms with Crippen LogP contribution in [0.25, 0.3) is 22.5 Å². The van der Waals surface area contributed by atoms with Crippen LogP contribution in [0, 0.1) is 5.82 Å². The average molecular weight is 483 g/mol. The van der Waals surface area contributed by atoms with Crippen LogP contribution in [0.15, 0.2) is 36.7 Å². The number of aromatic nitrogens is 4. The van der Waals surface area contributed by atoms with E-state index in [0.717, 1.165) is 19.0 Å². The number of pyridine rings is 1. The van der Waals surface area contributed by atoms with Crippen molar-refractivity contribution in [1.29, 1.82) is 0 Å². The molecule has 2 fully saturated rings. The highest BCUT2D eigenvalue weighted by atomic mass is 19.1. The molecule has 4 heterocycles. The van der Waals surface area contributed by atoms with Gasteiger partial charge in [0.2, 0.25) is 5.88 Å². The summed E-state index contributed by atoms with van der Waals surface area (Å²) in [7, 11) is 3.25. The van der Waals surface area contributed by atoms with Gasteiger partial charge in [-0.2, -0.15) is 0 Å². The van der Waals surface area contributed by atoms with Gasteiger partial charge >= 0.3 is 0 Å². The zero-order valence-corrected chi connectivity index (χ0v) is 20.1. The molecular weight excluding hydrogens is 454 g/mol. The molecule has 0 radical (unpaired) electrons. The molecule has 2 N–H and O–H groups in total. The molecule has 2 saturated heterocycles. The highest BCUT2D eigenvalue weighted by Gasteiger charge is 2.56. The van der Waals surface area contributed by atoms with Crippen molar-refractivity contribution in [1.82, 2.24) is 25.5 Å². The number of benzene rings is 1. The van der Waals surface area contributed by atoms with Crippen molar-refractivity contribution in [3.8, 4) is 34.1 Å². The topological polar surface area (TPSA) is 96.3 Å². The lowest BCUT2D eigenvalue weighted by Crippen LogP contribution is -2.65. The van der Waals surface area contributed by atoms with Crippen LogP contribution >= 0.6 is 0 Å². The quantitative estimate of drug-likeness (QED) is 0.565. The molecule has 0 aliphatic carbocycles. The summed E-state index contributed by atoms with van der Waals surface area (Å²) in [5.41, 5.74) is 0.376. The standard InChI is InChI=1S/C25H28F2N6O2/c1-24-7-8-25(2,32-24)22(27)18(11-24)33(3)20-13-29-23(31-30-20)15-6-5-14(9-19(15)34)16-10-21(35-4)28-12-17(16)26/h5-6,9-10,12-13,18,22,32,34H,7-8,11H2,1-4H3/t18-,22-,24-,25+/m0/s1. The fourth-order valence-electron chi connectivity index (χ4n) is 5.40. The highest BCUT2D eigenvalue weighted by Crippen LogP contribution is 2.45. The number of piperidine rings is 1. The van der Waals surface area contributed by atoms with Gasteiger partial charge in [0.1, 0.15) is 17.7 Å². The highest BCUT2D eigenvalue weighted by molar-refractivity contribution is 5.73. The summed E-state index contributed by atoms with van der Waals surface area (Å²) >= 11 is 0. The van der Waals surface area contributed by atoms with Crippen LogP contribution in [-0.2, 0) is 0 Å². The first kappa shape index (κ1) is 23.3. The van der Waals surface area contributed by atoms with E-state index in [4.69, 9.17) is 4.74 Å². The lowest BCUT2D eigenvalue weighted by atomic mass is 9.82. The van der Waals surface area contributed by atoms with Crippen LogP contribution in [0.4, 0.5) is 14.6 Å². The van der Waals surface area contributed by atoms with Gasteiger partial charge in [0.05, 0.1) is 31.1 Å². The molecule has 10 heteroatoms. The van der Waals surface area contributed by atoms with E-state index in [9.17, 15) is 9.50 Å². The Morgan fingerprint density at radius 2 is 1.91 bits per heavy atom. The maximum absolute atomic E-state index is 15.4. The van der Waals surface area contributed by atoms with E-state index >= 15 is 4.39 Å². The first-order valence-electron chi connectivity index (χ1n) is 11.5. The van der Waals surface area contributed by atoms with E-state index in [0.29, 0.717) is 23.4 Å². The average Bonchev–Trinajstić information content (AvgIpc) is 3.13. The summed E-state index contributed by atoms with van der Waals surface area (Å²) in [4.78, 5) is 10.0. The predicted molar refractivity (Wildman–Crippen MR) is 128 cm³/mol. The lowest BCUT2D eigenvalue weighted by molar-refractivity contribution is 0.0859. The van der Waals surface area contributed by atoms with Crippen molar-refractivity contribution in [3.63, 3.8) is 0 Å². The molecule has 5 rings (SSSR count). The monoisotopic (exact) mass is 482 g/mol. The summed E-state index contributed by atoms with van der Waals surface area (Å²) in [5.74, 6) is 0.262. The molecule has 2 aliphatic rings. The number of nitrogens with one attached hydrogen (secondary N) is 1. The van der Waals surface area contributed by atoms with Gasteiger partial charge in [0.15, 0.2) is 11.6 Å². The first-order valence-corrected chi connectivity index (χ1v) is 11.5. The molecule has 4 atom stereocenters. The first-order chi connectivity index (χ1) is 16.6. The van der Waals surface area contributed by atoms with Crippen LogP contribution in [0.2, 0.25) is 0 Å². The Balaban J connectivity index is 1.38. The predicted octanol–water partition coefficient (Wildman–Crippen LogP) is 3.90. The Kier molecular flexibility index (Phi) is 5.58. The third kappa shape index (κ3) is 4.05. The zero-order chi connectivity index (χ0) is 25.0. The van der Waals surface area contributed by atoms with Crippen LogP contribution < -0.4 is 15.0 Å². The van der Waals surface area contributed by atoms with Crippen molar-refractivity contribution in [2.45, 2.75) is 56.4 Å². The molecule has 2 aromatic heterocycles. The van der Waals surface area contributed by atoms with Crippen LogP contribution in [-0.4, -0.2) is 62.7 Å². The Labute approximate surface area is 202 Å². The normalized spacial score (nSPS) is 27.6. The molecule has 35 heavy (non-hydrogen) atoms.